The van der Waals surface area contributed by atoms with Gasteiger partial charge in [-0.3, -0.25) is 9.11 Å². The Morgan fingerprint density at radius 1 is 0.455 bits per heavy atom. The molecular formula is C28H22N8O6S2. The van der Waals surface area contributed by atoms with Gasteiger partial charge < -0.3 is 11.5 Å². The van der Waals surface area contributed by atoms with E-state index in [9.17, 15) is 21.4 Å². The maximum Gasteiger partial charge on any atom is 0.294 e. The quantitative estimate of drug-likeness (QED) is 0.0749. The van der Waals surface area contributed by atoms with Gasteiger partial charge in [-0.05, 0) is 72.8 Å². The minimum Gasteiger partial charge on any atom is -0.397 e. The zero-order chi connectivity index (χ0) is 31.5. The fourth-order valence-electron chi connectivity index (χ4n) is 3.93. The molecule has 5 aromatic rings. The lowest BCUT2D eigenvalue weighted by Crippen LogP contribution is -1.97. The smallest absolute Gasteiger partial charge is 0.294 e. The minimum atomic E-state index is -4.51. The van der Waals surface area contributed by atoms with Gasteiger partial charge >= 0.3 is 0 Å². The highest BCUT2D eigenvalue weighted by Crippen LogP contribution is 2.39. The van der Waals surface area contributed by atoms with Crippen molar-refractivity contribution in [1.82, 2.24) is 0 Å². The molecule has 0 unspecified atom stereocenters. The summed E-state index contributed by atoms with van der Waals surface area (Å²) in [6.07, 6.45) is 0. The number of azo groups is 3. The largest absolute Gasteiger partial charge is 0.397 e. The molecule has 0 aliphatic heterocycles. The van der Waals surface area contributed by atoms with Crippen LogP contribution in [0.15, 0.2) is 138 Å². The average molecular weight is 631 g/mol. The molecule has 5 aromatic carbocycles. The second-order valence-electron chi connectivity index (χ2n) is 9.16. The lowest BCUT2D eigenvalue weighted by Gasteiger charge is -2.07. The van der Waals surface area contributed by atoms with Crippen molar-refractivity contribution in [1.29, 1.82) is 0 Å². The van der Waals surface area contributed by atoms with E-state index in [2.05, 4.69) is 30.7 Å². The number of nitrogens with zero attached hydrogens (tertiary/aromatic N) is 6. The Hall–Kier alpha value is -5.42. The van der Waals surface area contributed by atoms with E-state index in [0.29, 0.717) is 27.8 Å². The SMILES string of the molecule is Nc1cc(N)c(N=Nc2ccc(N=Nc3ccccc3)c3cc(S(=O)(=O)O)ccc23)cc1N=Nc1ccc(S(=O)(=O)O)cc1. The van der Waals surface area contributed by atoms with Crippen molar-refractivity contribution in [2.45, 2.75) is 9.79 Å². The highest BCUT2D eigenvalue weighted by atomic mass is 32.2. The molecule has 14 nitrogen and oxygen atoms in total. The number of rotatable bonds is 8. The van der Waals surface area contributed by atoms with Crippen LogP contribution < -0.4 is 11.5 Å². The van der Waals surface area contributed by atoms with Gasteiger partial charge in [-0.15, -0.1) is 20.5 Å². The van der Waals surface area contributed by atoms with E-state index in [1.807, 2.05) is 6.07 Å². The molecule has 0 heterocycles. The van der Waals surface area contributed by atoms with E-state index in [1.54, 1.807) is 36.4 Å². The number of nitrogens with two attached hydrogens (primary N) is 2. The molecular weight excluding hydrogens is 608 g/mol. The molecule has 0 spiro atoms. The van der Waals surface area contributed by atoms with Gasteiger partial charge in [0.2, 0.25) is 0 Å². The van der Waals surface area contributed by atoms with Gasteiger partial charge in [0.15, 0.2) is 0 Å². The fraction of sp³-hybridized carbons (Fsp3) is 0. The van der Waals surface area contributed by atoms with Crippen molar-refractivity contribution in [2.24, 2.45) is 30.7 Å². The Morgan fingerprint density at radius 3 is 1.52 bits per heavy atom. The van der Waals surface area contributed by atoms with Crippen LogP contribution in [0, 0.1) is 0 Å². The summed E-state index contributed by atoms with van der Waals surface area (Å²) in [5.74, 6) is 0. The van der Waals surface area contributed by atoms with Crippen LogP contribution in [0.1, 0.15) is 0 Å². The molecule has 0 fully saturated rings. The highest BCUT2D eigenvalue weighted by molar-refractivity contribution is 7.86. The molecule has 44 heavy (non-hydrogen) atoms. The molecule has 0 radical (unpaired) electrons. The normalized spacial score (nSPS) is 12.6. The van der Waals surface area contributed by atoms with Gasteiger partial charge in [-0.1, -0.05) is 24.3 Å². The van der Waals surface area contributed by atoms with Crippen LogP contribution in [0.3, 0.4) is 0 Å². The van der Waals surface area contributed by atoms with Crippen molar-refractivity contribution in [3.8, 4) is 0 Å². The number of nitrogen functional groups attached to an aromatic ring is 2. The van der Waals surface area contributed by atoms with E-state index in [1.165, 1.54) is 54.6 Å². The predicted octanol–water partition coefficient (Wildman–Crippen LogP) is 7.74. The second-order valence-corrected chi connectivity index (χ2v) is 12.0. The first-order valence-electron chi connectivity index (χ1n) is 12.5. The van der Waals surface area contributed by atoms with Crippen molar-refractivity contribution < 1.29 is 25.9 Å². The van der Waals surface area contributed by atoms with Crippen LogP contribution in [0.25, 0.3) is 10.8 Å². The maximum absolute atomic E-state index is 11.8. The molecule has 5 rings (SSSR count). The summed E-state index contributed by atoms with van der Waals surface area (Å²) in [6, 6.07) is 24.0. The van der Waals surface area contributed by atoms with Gasteiger partial charge in [0, 0.05) is 10.8 Å². The fourth-order valence-corrected chi connectivity index (χ4v) is 4.91. The van der Waals surface area contributed by atoms with Crippen LogP contribution >= 0.6 is 0 Å². The molecule has 0 bridgehead atoms. The first-order valence-corrected chi connectivity index (χ1v) is 15.4. The third-order valence-electron chi connectivity index (χ3n) is 6.12. The van der Waals surface area contributed by atoms with Gasteiger partial charge in [-0.25, -0.2) is 0 Å². The Kier molecular flexibility index (Phi) is 8.23. The summed E-state index contributed by atoms with van der Waals surface area (Å²) in [5, 5.41) is 25.9. The Labute approximate surface area is 251 Å². The summed E-state index contributed by atoms with van der Waals surface area (Å²) in [7, 11) is -8.86. The van der Waals surface area contributed by atoms with E-state index >= 15 is 0 Å². The van der Waals surface area contributed by atoms with Crippen molar-refractivity contribution in [2.75, 3.05) is 11.5 Å². The summed E-state index contributed by atoms with van der Waals surface area (Å²) >= 11 is 0. The number of fused-ring (bicyclic) bond motifs is 1. The lowest BCUT2D eigenvalue weighted by atomic mass is 10.1. The molecule has 6 N–H and O–H groups in total. The van der Waals surface area contributed by atoms with E-state index in [-0.39, 0.29) is 38.2 Å². The number of hydrogen-bond acceptors (Lipinski definition) is 12. The number of hydrogen-bond donors (Lipinski definition) is 4. The second kappa shape index (κ2) is 12.1. The van der Waals surface area contributed by atoms with E-state index in [4.69, 9.17) is 16.0 Å². The highest BCUT2D eigenvalue weighted by Gasteiger charge is 2.14. The Bertz CT molecular complexity index is 2190. The Balaban J connectivity index is 1.50. The zero-order valence-electron chi connectivity index (χ0n) is 22.4. The van der Waals surface area contributed by atoms with Crippen molar-refractivity contribution in [3.05, 3.63) is 97.1 Å². The summed E-state index contributed by atoms with van der Waals surface area (Å²) in [5.41, 5.74) is 14.5. The molecule has 0 atom stereocenters. The number of anilines is 2. The summed E-state index contributed by atoms with van der Waals surface area (Å²) in [4.78, 5) is -0.624. The van der Waals surface area contributed by atoms with Crippen molar-refractivity contribution >= 4 is 76.5 Å². The third-order valence-corrected chi connectivity index (χ3v) is 7.84. The summed E-state index contributed by atoms with van der Waals surface area (Å²) in [6.45, 7) is 0. The first-order chi connectivity index (χ1) is 20.9. The van der Waals surface area contributed by atoms with E-state index in [0.717, 1.165) is 0 Å². The maximum atomic E-state index is 11.8. The standard InChI is InChI=1S/C28H22N8O6S2/c29-23-15-24(30)28(16-27(23)35-32-18-6-8-19(9-7-18)43(37,38)39)36-34-25-12-13-26(33-31-17-4-2-1-3-5-17)22-14-20(44(40,41)42)10-11-21(22)25/h1-16H,29-30H2,(H,37,38,39)(H,40,41,42). The average Bonchev–Trinajstić information content (AvgIpc) is 2.99. The topological polar surface area (TPSA) is 235 Å². The van der Waals surface area contributed by atoms with Crippen LogP contribution in [0.4, 0.5) is 45.5 Å². The Morgan fingerprint density at radius 2 is 0.932 bits per heavy atom. The van der Waals surface area contributed by atoms with Gasteiger partial charge in [0.05, 0.1) is 43.9 Å². The molecule has 16 heteroatoms. The first kappa shape index (κ1) is 30.1. The van der Waals surface area contributed by atoms with Gasteiger partial charge in [0.25, 0.3) is 20.2 Å². The van der Waals surface area contributed by atoms with Crippen LogP contribution in [0.2, 0.25) is 0 Å². The van der Waals surface area contributed by atoms with Gasteiger partial charge in [0.1, 0.15) is 11.4 Å². The van der Waals surface area contributed by atoms with Gasteiger partial charge in [-0.2, -0.15) is 27.1 Å². The minimum absolute atomic E-state index is 0.189. The lowest BCUT2D eigenvalue weighted by molar-refractivity contribution is 0.481. The number of benzene rings is 5. The molecule has 0 aromatic heterocycles. The van der Waals surface area contributed by atoms with Crippen molar-refractivity contribution in [3.63, 3.8) is 0 Å². The third kappa shape index (κ3) is 6.96. The molecule has 0 saturated heterocycles. The molecule has 0 amide bonds. The predicted molar refractivity (Wildman–Crippen MR) is 164 cm³/mol. The zero-order valence-corrected chi connectivity index (χ0v) is 24.1. The van der Waals surface area contributed by atoms with Crippen LogP contribution in [-0.4, -0.2) is 25.9 Å². The molecule has 0 aliphatic rings. The van der Waals surface area contributed by atoms with Crippen LogP contribution in [-0.2, 0) is 20.2 Å². The molecule has 0 aliphatic carbocycles. The van der Waals surface area contributed by atoms with Crippen LogP contribution in [0.5, 0.6) is 0 Å². The molecule has 0 saturated carbocycles. The molecule has 222 valence electrons. The summed E-state index contributed by atoms with van der Waals surface area (Å²) < 4.78 is 64.9. The van der Waals surface area contributed by atoms with E-state index < -0.39 is 20.2 Å². The monoisotopic (exact) mass is 630 g/mol.